The number of amidine groups is 1. The predicted octanol–water partition coefficient (Wildman–Crippen LogP) is 4.22. The SMILES string of the molecule is CC1(c2cnc(Cc3cc(Br)cs3)s2)CCSC(N)=N1. The average molecular weight is 388 g/mol. The summed E-state index contributed by atoms with van der Waals surface area (Å²) in [5.74, 6) is 1.02. The van der Waals surface area contributed by atoms with Gasteiger partial charge in [0.15, 0.2) is 5.17 Å². The number of hydrogen-bond donors (Lipinski definition) is 1. The third-order valence-corrected chi connectivity index (χ3v) is 6.97. The highest BCUT2D eigenvalue weighted by atomic mass is 79.9. The van der Waals surface area contributed by atoms with Crippen LogP contribution in [0.3, 0.4) is 0 Å². The van der Waals surface area contributed by atoms with Crippen molar-refractivity contribution in [1.82, 2.24) is 4.98 Å². The molecule has 1 atom stereocenters. The van der Waals surface area contributed by atoms with Crippen molar-refractivity contribution in [2.24, 2.45) is 10.7 Å². The van der Waals surface area contributed by atoms with E-state index in [-0.39, 0.29) is 5.54 Å². The first-order chi connectivity index (χ1) is 9.55. The summed E-state index contributed by atoms with van der Waals surface area (Å²) in [5, 5.41) is 3.94. The van der Waals surface area contributed by atoms with Crippen molar-refractivity contribution in [2.75, 3.05) is 5.75 Å². The molecule has 0 radical (unpaired) electrons. The van der Waals surface area contributed by atoms with Crippen LogP contribution in [-0.4, -0.2) is 15.9 Å². The standard InChI is InChI=1S/C13H14BrN3S3/c1-13(2-3-18-12(15)17-13)10-6-16-11(20-10)5-9-4-8(14)7-19-9/h4,6-7H,2-3,5H2,1H3,(H2,15,17). The summed E-state index contributed by atoms with van der Waals surface area (Å²) in [6.07, 6.45) is 3.88. The van der Waals surface area contributed by atoms with Crippen molar-refractivity contribution in [3.63, 3.8) is 0 Å². The summed E-state index contributed by atoms with van der Waals surface area (Å²) in [6, 6.07) is 2.15. The summed E-state index contributed by atoms with van der Waals surface area (Å²) < 4.78 is 1.14. The molecule has 20 heavy (non-hydrogen) atoms. The van der Waals surface area contributed by atoms with Crippen molar-refractivity contribution < 1.29 is 0 Å². The van der Waals surface area contributed by atoms with E-state index >= 15 is 0 Å². The first-order valence-corrected chi connectivity index (χ1v) is 9.69. The third-order valence-electron chi connectivity index (χ3n) is 3.23. The van der Waals surface area contributed by atoms with E-state index in [0.717, 1.165) is 28.1 Å². The second-order valence-corrected chi connectivity index (χ2v) is 8.99. The smallest absolute Gasteiger partial charge is 0.154 e. The fraction of sp³-hybridized carbons (Fsp3) is 0.385. The second kappa shape index (κ2) is 5.79. The molecule has 1 aliphatic heterocycles. The first-order valence-electron chi connectivity index (χ1n) is 6.21. The van der Waals surface area contributed by atoms with Gasteiger partial charge in [-0.3, -0.25) is 4.99 Å². The zero-order valence-electron chi connectivity index (χ0n) is 10.9. The van der Waals surface area contributed by atoms with Crippen LogP contribution in [0.1, 0.15) is 28.1 Å². The predicted molar refractivity (Wildman–Crippen MR) is 93.0 cm³/mol. The summed E-state index contributed by atoms with van der Waals surface area (Å²) in [5.41, 5.74) is 5.68. The summed E-state index contributed by atoms with van der Waals surface area (Å²) >= 11 is 8.63. The Morgan fingerprint density at radius 1 is 1.50 bits per heavy atom. The number of thioether (sulfide) groups is 1. The van der Waals surface area contributed by atoms with Crippen molar-refractivity contribution in [3.05, 3.63) is 36.9 Å². The maximum absolute atomic E-state index is 5.87. The van der Waals surface area contributed by atoms with E-state index in [9.17, 15) is 0 Å². The summed E-state index contributed by atoms with van der Waals surface area (Å²) in [7, 11) is 0. The van der Waals surface area contributed by atoms with Gasteiger partial charge in [-0.15, -0.1) is 22.7 Å². The number of thiophene rings is 1. The van der Waals surface area contributed by atoms with E-state index in [1.54, 1.807) is 34.4 Å². The number of hydrogen-bond acceptors (Lipinski definition) is 6. The Hall–Kier alpha value is -0.370. The molecule has 0 spiro atoms. The van der Waals surface area contributed by atoms with Gasteiger partial charge in [-0.1, -0.05) is 11.8 Å². The average Bonchev–Trinajstić information content (AvgIpc) is 2.99. The Morgan fingerprint density at radius 2 is 2.35 bits per heavy atom. The number of thiazole rings is 1. The van der Waals surface area contributed by atoms with Gasteiger partial charge in [-0.25, -0.2) is 4.98 Å². The van der Waals surface area contributed by atoms with Crippen LogP contribution < -0.4 is 5.73 Å². The number of aromatic nitrogens is 1. The Bertz CT molecular complexity index is 649. The van der Waals surface area contributed by atoms with E-state index < -0.39 is 0 Å². The number of nitrogens with two attached hydrogens (primary N) is 1. The number of halogens is 1. The lowest BCUT2D eigenvalue weighted by molar-refractivity contribution is 0.491. The molecule has 1 aliphatic rings. The highest BCUT2D eigenvalue weighted by Gasteiger charge is 2.31. The minimum Gasteiger partial charge on any atom is -0.379 e. The lowest BCUT2D eigenvalue weighted by Crippen LogP contribution is -2.27. The van der Waals surface area contributed by atoms with Crippen molar-refractivity contribution in [3.8, 4) is 0 Å². The van der Waals surface area contributed by atoms with Gasteiger partial charge in [-0.05, 0) is 35.3 Å². The van der Waals surface area contributed by atoms with E-state index in [4.69, 9.17) is 5.73 Å². The van der Waals surface area contributed by atoms with Crippen LogP contribution in [0, 0.1) is 0 Å². The van der Waals surface area contributed by atoms with E-state index in [0.29, 0.717) is 5.17 Å². The minimum absolute atomic E-state index is 0.193. The van der Waals surface area contributed by atoms with Crippen LogP contribution in [-0.2, 0) is 12.0 Å². The normalized spacial score (nSPS) is 22.8. The Morgan fingerprint density at radius 3 is 3.05 bits per heavy atom. The van der Waals surface area contributed by atoms with Crippen LogP contribution in [0.5, 0.6) is 0 Å². The molecule has 0 fully saturated rings. The molecule has 0 aliphatic carbocycles. The molecule has 2 aromatic heterocycles. The van der Waals surface area contributed by atoms with Gasteiger partial charge in [-0.2, -0.15) is 0 Å². The highest BCUT2D eigenvalue weighted by molar-refractivity contribution is 9.10. The molecular formula is C13H14BrN3S3. The van der Waals surface area contributed by atoms with Crippen LogP contribution in [0.25, 0.3) is 0 Å². The molecule has 0 saturated heterocycles. The zero-order chi connectivity index (χ0) is 14.2. The minimum atomic E-state index is -0.193. The fourth-order valence-corrected chi connectivity index (χ4v) is 5.68. The van der Waals surface area contributed by atoms with Gasteiger partial charge in [0.2, 0.25) is 0 Å². The molecule has 3 heterocycles. The van der Waals surface area contributed by atoms with Crippen LogP contribution in [0.2, 0.25) is 0 Å². The van der Waals surface area contributed by atoms with Crippen LogP contribution in [0.4, 0.5) is 0 Å². The molecule has 2 aromatic rings. The maximum Gasteiger partial charge on any atom is 0.154 e. The molecule has 0 bridgehead atoms. The molecule has 1 unspecified atom stereocenters. The highest BCUT2D eigenvalue weighted by Crippen LogP contribution is 2.38. The van der Waals surface area contributed by atoms with Gasteiger partial charge in [0, 0.05) is 33.1 Å². The molecule has 106 valence electrons. The summed E-state index contributed by atoms with van der Waals surface area (Å²) in [4.78, 5) is 11.7. The van der Waals surface area contributed by atoms with Crippen LogP contribution in [0.15, 0.2) is 27.1 Å². The lowest BCUT2D eigenvalue weighted by atomic mass is 9.98. The van der Waals surface area contributed by atoms with Gasteiger partial charge in [0.25, 0.3) is 0 Å². The largest absolute Gasteiger partial charge is 0.379 e. The molecule has 3 rings (SSSR count). The quantitative estimate of drug-likeness (QED) is 0.856. The first kappa shape index (κ1) is 14.6. The Balaban J connectivity index is 1.81. The molecule has 2 N–H and O–H groups in total. The summed E-state index contributed by atoms with van der Waals surface area (Å²) in [6.45, 7) is 2.15. The maximum atomic E-state index is 5.87. The lowest BCUT2D eigenvalue weighted by Gasteiger charge is -2.27. The molecular weight excluding hydrogens is 374 g/mol. The van der Waals surface area contributed by atoms with Gasteiger partial charge in [0.05, 0.1) is 15.4 Å². The zero-order valence-corrected chi connectivity index (χ0v) is 15.0. The Kier molecular flexibility index (Phi) is 4.21. The topological polar surface area (TPSA) is 51.3 Å². The van der Waals surface area contributed by atoms with E-state index in [1.807, 2.05) is 6.20 Å². The van der Waals surface area contributed by atoms with Crippen molar-refractivity contribution in [2.45, 2.75) is 25.3 Å². The molecule has 0 amide bonds. The van der Waals surface area contributed by atoms with Crippen molar-refractivity contribution in [1.29, 1.82) is 0 Å². The number of nitrogens with zero attached hydrogens (tertiary/aromatic N) is 2. The second-order valence-electron chi connectivity index (χ2n) is 4.85. The molecule has 0 saturated carbocycles. The van der Waals surface area contributed by atoms with Gasteiger partial charge in [0.1, 0.15) is 0 Å². The van der Waals surface area contributed by atoms with Crippen molar-refractivity contribution >= 4 is 55.5 Å². The van der Waals surface area contributed by atoms with Crippen LogP contribution >= 0.6 is 50.4 Å². The number of aliphatic imine (C=N–C) groups is 1. The monoisotopic (exact) mass is 387 g/mol. The van der Waals surface area contributed by atoms with Gasteiger partial charge >= 0.3 is 0 Å². The van der Waals surface area contributed by atoms with E-state index in [1.165, 1.54) is 9.75 Å². The number of rotatable bonds is 3. The molecule has 7 heteroatoms. The third kappa shape index (κ3) is 3.10. The van der Waals surface area contributed by atoms with Gasteiger partial charge < -0.3 is 5.73 Å². The Labute approximate surface area is 138 Å². The fourth-order valence-electron chi connectivity index (χ4n) is 2.10. The van der Waals surface area contributed by atoms with E-state index in [2.05, 4.69) is 44.3 Å². The molecule has 0 aromatic carbocycles. The molecule has 3 nitrogen and oxygen atoms in total.